The summed E-state index contributed by atoms with van der Waals surface area (Å²) in [4.78, 5) is 15.9. The zero-order valence-electron chi connectivity index (χ0n) is 12.3. The van der Waals surface area contributed by atoms with Gasteiger partial charge in [0.25, 0.3) is 5.56 Å². The number of imidazole rings is 1. The quantitative estimate of drug-likeness (QED) is 0.676. The first-order chi connectivity index (χ1) is 10.9. The molecule has 0 aliphatic rings. The fourth-order valence-corrected chi connectivity index (χ4v) is 4.42. The Morgan fingerprint density at radius 3 is 2.65 bits per heavy atom. The van der Waals surface area contributed by atoms with Crippen LogP contribution < -0.4 is 5.56 Å². The Kier molecular flexibility index (Phi) is 4.11. The second-order valence-corrected chi connectivity index (χ2v) is 8.11. The van der Waals surface area contributed by atoms with Gasteiger partial charge >= 0.3 is 0 Å². The maximum atomic E-state index is 12.4. The molecule has 6 nitrogen and oxygen atoms in total. The second kappa shape index (κ2) is 5.93. The van der Waals surface area contributed by atoms with Crippen LogP contribution in [0.5, 0.6) is 0 Å². The van der Waals surface area contributed by atoms with E-state index in [1.807, 2.05) is 24.4 Å². The van der Waals surface area contributed by atoms with E-state index in [1.54, 1.807) is 23.7 Å². The van der Waals surface area contributed by atoms with Crippen molar-refractivity contribution in [1.82, 2.24) is 14.0 Å². The molecule has 0 fully saturated rings. The normalized spacial score (nSPS) is 11.9. The van der Waals surface area contributed by atoms with E-state index in [4.69, 9.17) is 0 Å². The first kappa shape index (κ1) is 15.9. The summed E-state index contributed by atoms with van der Waals surface area (Å²) in [6, 6.07) is 8.47. The van der Waals surface area contributed by atoms with Crippen molar-refractivity contribution < 1.29 is 8.42 Å². The molecule has 3 rings (SSSR count). The summed E-state index contributed by atoms with van der Waals surface area (Å²) >= 11 is 3.39. The van der Waals surface area contributed by atoms with E-state index in [0.29, 0.717) is 21.5 Å². The maximum Gasteiger partial charge on any atom is 0.250 e. The lowest BCUT2D eigenvalue weighted by Crippen LogP contribution is -2.17. The van der Waals surface area contributed by atoms with Crippen LogP contribution >= 0.6 is 15.9 Å². The molecular weight excluding hydrogens is 382 g/mol. The number of fused-ring (bicyclic) bond motifs is 1. The van der Waals surface area contributed by atoms with Gasteiger partial charge in [-0.25, -0.2) is 13.4 Å². The molecule has 0 N–H and O–H groups in total. The molecule has 0 saturated carbocycles. The summed E-state index contributed by atoms with van der Waals surface area (Å²) in [5.41, 5.74) is 1.39. The van der Waals surface area contributed by atoms with Gasteiger partial charge in [-0.2, -0.15) is 0 Å². The van der Waals surface area contributed by atoms with Crippen molar-refractivity contribution in [1.29, 1.82) is 0 Å². The average molecular weight is 396 g/mol. The third-order valence-corrected chi connectivity index (χ3v) is 5.78. The SMILES string of the molecule is Cn1ccc(CS(=O)(=O)Cc2nc3ccccn3c2Br)cc1=O. The zero-order valence-corrected chi connectivity index (χ0v) is 14.7. The molecule has 8 heteroatoms. The number of aryl methyl sites for hydroxylation is 1. The minimum Gasteiger partial charge on any atom is -0.319 e. The van der Waals surface area contributed by atoms with Crippen molar-refractivity contribution in [3.63, 3.8) is 0 Å². The molecule has 0 bridgehead atoms. The van der Waals surface area contributed by atoms with E-state index in [-0.39, 0.29) is 17.1 Å². The fraction of sp³-hybridized carbons (Fsp3) is 0.200. The van der Waals surface area contributed by atoms with Crippen LogP contribution in [0.15, 0.2) is 52.1 Å². The Labute approximate surface area is 141 Å². The number of nitrogens with zero attached hydrogens (tertiary/aromatic N) is 3. The van der Waals surface area contributed by atoms with Crippen molar-refractivity contribution in [2.75, 3.05) is 0 Å². The van der Waals surface area contributed by atoms with Gasteiger partial charge < -0.3 is 4.57 Å². The molecule has 3 aromatic rings. The first-order valence-electron chi connectivity index (χ1n) is 6.83. The minimum absolute atomic E-state index is 0.190. The molecular formula is C15H14BrN3O3S. The van der Waals surface area contributed by atoms with Gasteiger partial charge in [-0.1, -0.05) is 6.07 Å². The Bertz CT molecular complexity index is 1040. The Balaban J connectivity index is 1.89. The second-order valence-electron chi connectivity index (χ2n) is 5.29. The molecule has 23 heavy (non-hydrogen) atoms. The molecule has 0 amide bonds. The van der Waals surface area contributed by atoms with Crippen LogP contribution in [-0.4, -0.2) is 22.4 Å². The summed E-state index contributed by atoms with van der Waals surface area (Å²) in [6.45, 7) is 0. The lowest BCUT2D eigenvalue weighted by Gasteiger charge is -2.04. The van der Waals surface area contributed by atoms with Crippen LogP contribution in [0.25, 0.3) is 5.65 Å². The summed E-state index contributed by atoms with van der Waals surface area (Å²) in [5.74, 6) is -0.381. The topological polar surface area (TPSA) is 73.4 Å². The molecule has 0 radical (unpaired) electrons. The molecule has 3 heterocycles. The predicted molar refractivity (Wildman–Crippen MR) is 90.9 cm³/mol. The van der Waals surface area contributed by atoms with Crippen molar-refractivity contribution in [3.8, 4) is 0 Å². The molecule has 0 saturated heterocycles. The van der Waals surface area contributed by atoms with E-state index in [0.717, 1.165) is 0 Å². The van der Waals surface area contributed by atoms with E-state index < -0.39 is 9.84 Å². The van der Waals surface area contributed by atoms with Gasteiger partial charge in [0.05, 0.1) is 17.2 Å². The highest BCUT2D eigenvalue weighted by atomic mass is 79.9. The van der Waals surface area contributed by atoms with Crippen LogP contribution in [-0.2, 0) is 28.4 Å². The van der Waals surface area contributed by atoms with Gasteiger partial charge in [0.1, 0.15) is 10.3 Å². The third kappa shape index (κ3) is 3.37. The number of hydrogen-bond acceptors (Lipinski definition) is 4. The minimum atomic E-state index is -3.44. The van der Waals surface area contributed by atoms with Crippen molar-refractivity contribution in [3.05, 3.63) is 68.9 Å². The van der Waals surface area contributed by atoms with E-state index in [9.17, 15) is 13.2 Å². The molecule has 0 unspecified atom stereocenters. The number of hydrogen-bond donors (Lipinski definition) is 0. The van der Waals surface area contributed by atoms with Gasteiger partial charge in [0, 0.05) is 25.5 Å². The Hall–Kier alpha value is -1.93. The Morgan fingerprint density at radius 1 is 1.17 bits per heavy atom. The number of pyridine rings is 2. The fourth-order valence-electron chi connectivity index (χ4n) is 2.30. The highest BCUT2D eigenvalue weighted by Gasteiger charge is 2.19. The van der Waals surface area contributed by atoms with Crippen LogP contribution in [0.4, 0.5) is 0 Å². The van der Waals surface area contributed by atoms with Gasteiger partial charge in [0.15, 0.2) is 9.84 Å². The number of sulfone groups is 1. The lowest BCUT2D eigenvalue weighted by molar-refractivity contribution is 0.593. The van der Waals surface area contributed by atoms with Crippen molar-refractivity contribution in [2.24, 2.45) is 7.05 Å². The highest BCUT2D eigenvalue weighted by molar-refractivity contribution is 9.10. The number of halogens is 1. The highest BCUT2D eigenvalue weighted by Crippen LogP contribution is 2.22. The third-order valence-electron chi connectivity index (χ3n) is 3.45. The van der Waals surface area contributed by atoms with E-state index in [1.165, 1.54) is 10.6 Å². The van der Waals surface area contributed by atoms with Crippen LogP contribution in [0.1, 0.15) is 11.3 Å². The molecule has 0 aliphatic carbocycles. The summed E-state index contributed by atoms with van der Waals surface area (Å²) in [7, 11) is -1.82. The standard InChI is InChI=1S/C15H14BrN3O3S/c1-18-7-5-11(8-14(18)20)9-23(21,22)10-12-15(16)19-6-3-2-4-13(19)17-12/h2-8H,9-10H2,1H3. The number of aromatic nitrogens is 3. The largest absolute Gasteiger partial charge is 0.319 e. The zero-order chi connectivity index (χ0) is 16.6. The van der Waals surface area contributed by atoms with Crippen LogP contribution in [0, 0.1) is 0 Å². The van der Waals surface area contributed by atoms with Gasteiger partial charge in [-0.3, -0.25) is 9.20 Å². The summed E-state index contributed by atoms with van der Waals surface area (Å²) in [6.07, 6.45) is 3.37. The molecule has 3 aromatic heterocycles. The molecule has 0 atom stereocenters. The van der Waals surface area contributed by atoms with Crippen molar-refractivity contribution in [2.45, 2.75) is 11.5 Å². The predicted octanol–water partition coefficient (Wildman–Crippen LogP) is 1.91. The van der Waals surface area contributed by atoms with Gasteiger partial charge in [0.2, 0.25) is 0 Å². The summed E-state index contributed by atoms with van der Waals surface area (Å²) in [5, 5.41) is 0. The van der Waals surface area contributed by atoms with Gasteiger partial charge in [-0.05, 0) is 39.7 Å². The number of rotatable bonds is 4. The maximum absolute atomic E-state index is 12.4. The molecule has 0 spiro atoms. The lowest BCUT2D eigenvalue weighted by atomic mass is 10.3. The Morgan fingerprint density at radius 2 is 1.96 bits per heavy atom. The molecule has 0 aliphatic heterocycles. The van der Waals surface area contributed by atoms with Crippen molar-refractivity contribution >= 4 is 31.4 Å². The van der Waals surface area contributed by atoms with Gasteiger partial charge in [-0.15, -0.1) is 0 Å². The summed E-state index contributed by atoms with van der Waals surface area (Å²) < 4.78 is 28.6. The van der Waals surface area contributed by atoms with Crippen LogP contribution in [0.2, 0.25) is 0 Å². The van der Waals surface area contributed by atoms with E-state index in [2.05, 4.69) is 20.9 Å². The van der Waals surface area contributed by atoms with E-state index >= 15 is 0 Å². The molecule has 0 aromatic carbocycles. The van der Waals surface area contributed by atoms with Crippen LogP contribution in [0.3, 0.4) is 0 Å². The first-order valence-corrected chi connectivity index (χ1v) is 9.44. The average Bonchev–Trinajstić information content (AvgIpc) is 2.79. The monoisotopic (exact) mass is 395 g/mol. The molecule has 120 valence electrons. The smallest absolute Gasteiger partial charge is 0.250 e.